The van der Waals surface area contributed by atoms with Crippen molar-refractivity contribution < 1.29 is 47.4 Å². The highest BCUT2D eigenvalue weighted by Gasteiger charge is 2.22. The zero-order chi connectivity index (χ0) is 18.4. The molecule has 0 unspecified atom stereocenters. The van der Waals surface area contributed by atoms with Crippen molar-refractivity contribution in [2.45, 2.75) is 12.0 Å². The van der Waals surface area contributed by atoms with E-state index in [0.717, 1.165) is 6.07 Å². The second-order valence-corrected chi connectivity index (χ2v) is 8.92. The Balaban J connectivity index is 0.000000196. The van der Waals surface area contributed by atoms with Gasteiger partial charge in [-0.2, -0.15) is 0 Å². The van der Waals surface area contributed by atoms with Crippen molar-refractivity contribution in [3.8, 4) is 0 Å². The standard InChI is InChI=1S/C12H8F2I.C5H6O4S/c13-9-5-1-3-7-11(9)15-12-8-4-2-6-10(12)14;1-4-2-3-5(9-4)10(6,7)8/h1-8H;2-3H,1H3,(H,6,7,8)/q+1;/p-1. The maximum Gasteiger partial charge on any atom is 0.364 e. The van der Waals surface area contributed by atoms with E-state index in [1.54, 1.807) is 43.3 Å². The fourth-order valence-corrected chi connectivity index (χ4v) is 4.43. The molecule has 0 bridgehead atoms. The summed E-state index contributed by atoms with van der Waals surface area (Å²) in [7, 11) is -4.40. The van der Waals surface area contributed by atoms with Crippen molar-refractivity contribution in [1.82, 2.24) is 0 Å². The first kappa shape index (κ1) is 19.5. The molecule has 3 rings (SSSR count). The monoisotopic (exact) mass is 478 g/mol. The van der Waals surface area contributed by atoms with Gasteiger partial charge in [0.1, 0.15) is 5.76 Å². The molecule has 0 fully saturated rings. The van der Waals surface area contributed by atoms with Crippen LogP contribution in [-0.4, -0.2) is 13.0 Å². The van der Waals surface area contributed by atoms with Gasteiger partial charge in [-0.25, -0.2) is 17.2 Å². The van der Waals surface area contributed by atoms with E-state index >= 15 is 0 Å². The van der Waals surface area contributed by atoms with Gasteiger partial charge < -0.3 is 8.97 Å². The van der Waals surface area contributed by atoms with Crippen LogP contribution < -0.4 is 21.2 Å². The molecule has 0 aliphatic heterocycles. The summed E-state index contributed by atoms with van der Waals surface area (Å²) in [4.78, 5) is 0. The average Bonchev–Trinajstić information content (AvgIpc) is 2.99. The Bertz CT molecular complexity index is 911. The summed E-state index contributed by atoms with van der Waals surface area (Å²) in [6.45, 7) is 1.56. The van der Waals surface area contributed by atoms with Gasteiger partial charge in [-0.15, -0.1) is 0 Å². The Hall–Kier alpha value is -1.78. The molecular weight excluding hydrogens is 465 g/mol. The highest BCUT2D eigenvalue weighted by atomic mass is 127. The van der Waals surface area contributed by atoms with E-state index in [9.17, 15) is 21.8 Å². The molecular formula is C17H13F2IO4S. The lowest BCUT2D eigenvalue weighted by Crippen LogP contribution is -3.62. The van der Waals surface area contributed by atoms with Crippen molar-refractivity contribution in [2.24, 2.45) is 0 Å². The normalized spacial score (nSPS) is 10.9. The number of halogens is 3. The van der Waals surface area contributed by atoms with E-state index in [1.807, 2.05) is 0 Å². The molecule has 0 amide bonds. The van der Waals surface area contributed by atoms with Gasteiger partial charge >= 0.3 is 21.2 Å². The van der Waals surface area contributed by atoms with Gasteiger partial charge in [0, 0.05) is 0 Å². The molecule has 0 aliphatic carbocycles. The lowest BCUT2D eigenvalue weighted by Gasteiger charge is -1.99. The third-order valence-electron chi connectivity index (χ3n) is 2.81. The maximum absolute atomic E-state index is 13.3. The molecule has 8 heteroatoms. The summed E-state index contributed by atoms with van der Waals surface area (Å²) >= 11 is -0.765. The minimum atomic E-state index is -4.40. The van der Waals surface area contributed by atoms with Crippen LogP contribution in [0.15, 0.2) is 70.2 Å². The smallest absolute Gasteiger partial charge is 0.364 e. The SMILES string of the molecule is Cc1ccc(S(=O)(=O)[O-])o1.Fc1ccccc1[I+]c1ccccc1F. The largest absolute Gasteiger partial charge is 0.742 e. The fourth-order valence-electron chi connectivity index (χ4n) is 1.69. The lowest BCUT2D eigenvalue weighted by molar-refractivity contribution is -0.603. The average molecular weight is 478 g/mol. The van der Waals surface area contributed by atoms with Crippen LogP contribution in [0.5, 0.6) is 0 Å². The van der Waals surface area contributed by atoms with Crippen molar-refractivity contribution in [1.29, 1.82) is 0 Å². The Morgan fingerprint density at radius 3 is 1.68 bits per heavy atom. The van der Waals surface area contributed by atoms with Crippen LogP contribution in [0.2, 0.25) is 0 Å². The number of rotatable bonds is 3. The highest BCUT2D eigenvalue weighted by molar-refractivity contribution is 7.85. The highest BCUT2D eigenvalue weighted by Crippen LogP contribution is 2.11. The summed E-state index contributed by atoms with van der Waals surface area (Å²) in [5, 5.41) is -0.523. The van der Waals surface area contributed by atoms with Crippen molar-refractivity contribution >= 4 is 10.1 Å². The quantitative estimate of drug-likeness (QED) is 0.408. The molecule has 0 saturated carbocycles. The Kier molecular flexibility index (Phi) is 6.68. The maximum atomic E-state index is 13.3. The molecule has 3 aromatic rings. The molecule has 0 radical (unpaired) electrons. The Labute approximate surface area is 154 Å². The zero-order valence-corrected chi connectivity index (χ0v) is 15.9. The first-order valence-corrected chi connectivity index (χ1v) is 10.5. The molecule has 4 nitrogen and oxygen atoms in total. The van der Waals surface area contributed by atoms with E-state index in [2.05, 4.69) is 4.42 Å². The molecule has 0 N–H and O–H groups in total. The fraction of sp³-hybridized carbons (Fsp3) is 0.0588. The predicted molar refractivity (Wildman–Crippen MR) is 81.6 cm³/mol. The van der Waals surface area contributed by atoms with Crippen LogP contribution in [0.1, 0.15) is 5.76 Å². The summed E-state index contributed by atoms with van der Waals surface area (Å²) in [6, 6.07) is 15.7. The predicted octanol–water partition coefficient (Wildman–Crippen LogP) is 0.585. The second-order valence-electron chi connectivity index (χ2n) is 4.74. The van der Waals surface area contributed by atoms with Gasteiger partial charge in [0.25, 0.3) is 0 Å². The number of benzene rings is 2. The van der Waals surface area contributed by atoms with Crippen molar-refractivity contribution in [3.05, 3.63) is 85.2 Å². The lowest BCUT2D eigenvalue weighted by atomic mass is 10.4. The third kappa shape index (κ3) is 5.91. The van der Waals surface area contributed by atoms with E-state index in [-0.39, 0.29) is 11.6 Å². The molecule has 0 atom stereocenters. The topological polar surface area (TPSA) is 70.3 Å². The summed E-state index contributed by atoms with van der Waals surface area (Å²) < 4.78 is 63.0. The van der Waals surface area contributed by atoms with Gasteiger partial charge in [0.2, 0.25) is 12.2 Å². The van der Waals surface area contributed by atoms with Gasteiger partial charge in [-0.1, -0.05) is 24.3 Å². The van der Waals surface area contributed by atoms with Gasteiger partial charge in [-0.05, 0) is 43.3 Å². The van der Waals surface area contributed by atoms with Crippen LogP contribution >= 0.6 is 0 Å². The zero-order valence-electron chi connectivity index (χ0n) is 12.9. The number of hydrogen-bond donors (Lipinski definition) is 0. The van der Waals surface area contributed by atoms with Crippen LogP contribution in [-0.2, 0) is 10.1 Å². The summed E-state index contributed by atoms with van der Waals surface area (Å²) in [5.41, 5.74) is 0. The van der Waals surface area contributed by atoms with Crippen LogP contribution in [0.25, 0.3) is 0 Å². The third-order valence-corrected chi connectivity index (χ3v) is 6.44. The minimum absolute atomic E-state index is 0.242. The van der Waals surface area contributed by atoms with Gasteiger partial charge in [0.15, 0.2) is 21.8 Å². The van der Waals surface area contributed by atoms with Crippen LogP contribution in [0.3, 0.4) is 0 Å². The number of hydrogen-bond acceptors (Lipinski definition) is 4. The first-order chi connectivity index (χ1) is 11.8. The van der Waals surface area contributed by atoms with Crippen LogP contribution in [0, 0.1) is 25.7 Å². The molecule has 1 heterocycles. The summed E-state index contributed by atoms with van der Waals surface area (Å²) in [5.74, 6) is -0.0727. The van der Waals surface area contributed by atoms with Crippen molar-refractivity contribution in [3.63, 3.8) is 0 Å². The molecule has 0 aliphatic rings. The van der Waals surface area contributed by atoms with Crippen LogP contribution in [0.4, 0.5) is 8.78 Å². The molecule has 25 heavy (non-hydrogen) atoms. The molecule has 0 spiro atoms. The molecule has 2 aromatic carbocycles. The van der Waals surface area contributed by atoms with Gasteiger partial charge in [-0.3, -0.25) is 0 Å². The summed E-state index contributed by atoms with van der Waals surface area (Å²) in [6.07, 6.45) is 0. The molecule has 132 valence electrons. The molecule has 0 saturated heterocycles. The Morgan fingerprint density at radius 2 is 1.36 bits per heavy atom. The van der Waals surface area contributed by atoms with Crippen molar-refractivity contribution in [2.75, 3.05) is 0 Å². The molecule has 1 aromatic heterocycles. The van der Waals surface area contributed by atoms with E-state index < -0.39 is 36.4 Å². The van der Waals surface area contributed by atoms with E-state index in [1.165, 1.54) is 18.2 Å². The number of furan rings is 1. The van der Waals surface area contributed by atoms with E-state index in [0.29, 0.717) is 12.9 Å². The van der Waals surface area contributed by atoms with Gasteiger partial charge in [0.05, 0.1) is 0 Å². The first-order valence-electron chi connectivity index (χ1n) is 6.93. The second kappa shape index (κ2) is 8.54. The minimum Gasteiger partial charge on any atom is -0.742 e. The van der Waals surface area contributed by atoms with E-state index in [4.69, 9.17) is 0 Å². The Morgan fingerprint density at radius 1 is 0.880 bits per heavy atom. The number of aryl methyl sites for hydroxylation is 1.